The molecule has 3 N–H and O–H groups in total. The van der Waals surface area contributed by atoms with E-state index in [1.165, 1.54) is 19.1 Å². The number of urea groups is 1. The fourth-order valence-corrected chi connectivity index (χ4v) is 3.28. The Kier molecular flexibility index (Phi) is 6.07. The van der Waals surface area contributed by atoms with Crippen LogP contribution in [0.4, 0.5) is 10.5 Å². The van der Waals surface area contributed by atoms with Gasteiger partial charge in [0.1, 0.15) is 5.54 Å². The van der Waals surface area contributed by atoms with Crippen molar-refractivity contribution in [3.8, 4) is 0 Å². The second kappa shape index (κ2) is 8.45. The van der Waals surface area contributed by atoms with Crippen LogP contribution in [-0.2, 0) is 25.3 Å². The molecule has 8 nitrogen and oxygen atoms in total. The van der Waals surface area contributed by atoms with E-state index in [2.05, 4.69) is 36.7 Å². The normalized spacial score (nSPS) is 19.0. The van der Waals surface area contributed by atoms with Gasteiger partial charge in [0.05, 0.1) is 5.56 Å². The molecule has 1 aliphatic heterocycles. The number of amides is 4. The van der Waals surface area contributed by atoms with Gasteiger partial charge in [0.25, 0.3) is 11.8 Å². The van der Waals surface area contributed by atoms with Gasteiger partial charge in [0, 0.05) is 5.69 Å². The lowest BCUT2D eigenvalue weighted by Gasteiger charge is -2.21. The molecular formula is C24H27N3O5. The molecule has 32 heavy (non-hydrogen) atoms. The summed E-state index contributed by atoms with van der Waals surface area (Å²) in [5, 5.41) is 7.46. The number of rotatable bonds is 5. The van der Waals surface area contributed by atoms with Gasteiger partial charge in [0.2, 0.25) is 0 Å². The van der Waals surface area contributed by atoms with Gasteiger partial charge >= 0.3 is 12.0 Å². The van der Waals surface area contributed by atoms with Crippen LogP contribution in [-0.4, -0.2) is 29.9 Å². The van der Waals surface area contributed by atoms with E-state index in [9.17, 15) is 19.2 Å². The van der Waals surface area contributed by atoms with Crippen LogP contribution in [0.3, 0.4) is 0 Å². The molecule has 0 spiro atoms. The Labute approximate surface area is 186 Å². The third kappa shape index (κ3) is 4.80. The van der Waals surface area contributed by atoms with E-state index in [1.54, 1.807) is 31.2 Å². The Morgan fingerprint density at radius 2 is 1.72 bits per heavy atom. The Morgan fingerprint density at radius 1 is 1.06 bits per heavy atom. The highest BCUT2D eigenvalue weighted by Gasteiger charge is 2.43. The molecule has 2 aromatic carbocycles. The molecule has 3 rings (SSSR count). The molecule has 168 valence electrons. The number of hydrogen-bond donors (Lipinski definition) is 3. The summed E-state index contributed by atoms with van der Waals surface area (Å²) in [5.74, 6) is -1.70. The van der Waals surface area contributed by atoms with Crippen molar-refractivity contribution in [1.29, 1.82) is 0 Å². The number of carbonyl (C=O) groups is 4. The van der Waals surface area contributed by atoms with Gasteiger partial charge in [0.15, 0.2) is 6.10 Å². The molecule has 0 radical (unpaired) electrons. The smallest absolute Gasteiger partial charge is 0.338 e. The molecule has 1 aliphatic rings. The van der Waals surface area contributed by atoms with Gasteiger partial charge in [-0.2, -0.15) is 0 Å². The van der Waals surface area contributed by atoms with Gasteiger partial charge in [-0.05, 0) is 54.7 Å². The highest BCUT2D eigenvalue weighted by atomic mass is 16.5. The number of imide groups is 1. The van der Waals surface area contributed by atoms with E-state index in [0.29, 0.717) is 11.3 Å². The van der Waals surface area contributed by atoms with E-state index in [0.717, 1.165) is 5.56 Å². The van der Waals surface area contributed by atoms with Crippen molar-refractivity contribution in [2.24, 2.45) is 0 Å². The van der Waals surface area contributed by atoms with Crippen LogP contribution in [0.2, 0.25) is 0 Å². The van der Waals surface area contributed by atoms with Crippen molar-refractivity contribution in [2.45, 2.75) is 51.7 Å². The number of nitrogens with one attached hydrogen (secondary N) is 3. The molecule has 0 unspecified atom stereocenters. The van der Waals surface area contributed by atoms with Crippen LogP contribution in [0, 0.1) is 0 Å². The fraction of sp³-hybridized carbons (Fsp3) is 0.333. The van der Waals surface area contributed by atoms with Gasteiger partial charge in [-0.1, -0.05) is 45.0 Å². The van der Waals surface area contributed by atoms with Crippen LogP contribution in [0.15, 0.2) is 48.5 Å². The van der Waals surface area contributed by atoms with Gasteiger partial charge in [-0.3, -0.25) is 14.9 Å². The maximum Gasteiger partial charge on any atom is 0.338 e. The largest absolute Gasteiger partial charge is 0.449 e. The minimum atomic E-state index is -1.30. The first kappa shape index (κ1) is 23.0. The summed E-state index contributed by atoms with van der Waals surface area (Å²) in [6.45, 7) is 9.32. The molecule has 1 fully saturated rings. The van der Waals surface area contributed by atoms with Crippen LogP contribution in [0.5, 0.6) is 0 Å². The number of carbonyl (C=O) groups excluding carboxylic acids is 4. The lowest BCUT2D eigenvalue weighted by atomic mass is 9.87. The Hall–Kier alpha value is -3.68. The molecule has 2 aromatic rings. The first-order valence-corrected chi connectivity index (χ1v) is 10.3. The van der Waals surface area contributed by atoms with Crippen molar-refractivity contribution in [3.63, 3.8) is 0 Å². The van der Waals surface area contributed by atoms with E-state index in [4.69, 9.17) is 4.74 Å². The predicted octanol–water partition coefficient (Wildman–Crippen LogP) is 3.22. The zero-order valence-electron chi connectivity index (χ0n) is 18.7. The summed E-state index contributed by atoms with van der Waals surface area (Å²) in [6.07, 6.45) is -1.04. The van der Waals surface area contributed by atoms with Crippen LogP contribution in [0.25, 0.3) is 0 Å². The lowest BCUT2D eigenvalue weighted by Crippen LogP contribution is -2.40. The molecule has 0 bridgehead atoms. The first-order chi connectivity index (χ1) is 14.9. The second-order valence-electron chi connectivity index (χ2n) is 8.98. The van der Waals surface area contributed by atoms with Gasteiger partial charge < -0.3 is 15.4 Å². The number of esters is 1. The summed E-state index contributed by atoms with van der Waals surface area (Å²) in [7, 11) is 0. The SMILES string of the molecule is C[C@H](OC(=O)c1cccc([C@]2(C)NC(=O)NC2=O)c1)C(=O)Nc1ccc(C(C)(C)C)cc1. The minimum absolute atomic E-state index is 0.00104. The highest BCUT2D eigenvalue weighted by molar-refractivity contribution is 6.07. The number of ether oxygens (including phenoxy) is 1. The van der Waals surface area contributed by atoms with Crippen LogP contribution < -0.4 is 16.0 Å². The summed E-state index contributed by atoms with van der Waals surface area (Å²) >= 11 is 0. The van der Waals surface area contributed by atoms with Crippen molar-refractivity contribution >= 4 is 29.5 Å². The zero-order chi connectivity index (χ0) is 23.7. The third-order valence-corrected chi connectivity index (χ3v) is 5.39. The van der Waals surface area contributed by atoms with Crippen molar-refractivity contribution in [2.75, 3.05) is 5.32 Å². The van der Waals surface area contributed by atoms with Crippen LogP contribution in [0.1, 0.15) is 56.1 Å². The topological polar surface area (TPSA) is 114 Å². The second-order valence-corrected chi connectivity index (χ2v) is 8.98. The minimum Gasteiger partial charge on any atom is -0.449 e. The fourth-order valence-electron chi connectivity index (χ4n) is 3.28. The number of anilines is 1. The molecule has 1 heterocycles. The van der Waals surface area contributed by atoms with Crippen molar-refractivity contribution < 1.29 is 23.9 Å². The summed E-state index contributed by atoms with van der Waals surface area (Å²) in [5.41, 5.74) is 1.02. The zero-order valence-corrected chi connectivity index (χ0v) is 18.7. The molecular weight excluding hydrogens is 410 g/mol. The summed E-state index contributed by atoms with van der Waals surface area (Å²) in [6, 6.07) is 13.1. The third-order valence-electron chi connectivity index (χ3n) is 5.39. The highest BCUT2D eigenvalue weighted by Crippen LogP contribution is 2.26. The quantitative estimate of drug-likeness (QED) is 0.491. The average Bonchev–Trinajstić information content (AvgIpc) is 3.00. The Morgan fingerprint density at radius 3 is 2.28 bits per heavy atom. The molecule has 8 heteroatoms. The maximum atomic E-state index is 12.6. The molecule has 2 atom stereocenters. The van der Waals surface area contributed by atoms with E-state index in [1.807, 2.05) is 12.1 Å². The molecule has 1 saturated heterocycles. The lowest BCUT2D eigenvalue weighted by molar-refractivity contribution is -0.124. The molecule has 0 aliphatic carbocycles. The van der Waals surface area contributed by atoms with E-state index in [-0.39, 0.29) is 11.0 Å². The van der Waals surface area contributed by atoms with Gasteiger partial charge in [-0.25, -0.2) is 9.59 Å². The van der Waals surface area contributed by atoms with Crippen molar-refractivity contribution in [1.82, 2.24) is 10.6 Å². The predicted molar refractivity (Wildman–Crippen MR) is 119 cm³/mol. The first-order valence-electron chi connectivity index (χ1n) is 10.3. The van der Waals surface area contributed by atoms with Crippen LogP contribution >= 0.6 is 0 Å². The number of hydrogen-bond acceptors (Lipinski definition) is 5. The Balaban J connectivity index is 1.66. The van der Waals surface area contributed by atoms with Gasteiger partial charge in [-0.15, -0.1) is 0 Å². The van der Waals surface area contributed by atoms with Crippen molar-refractivity contribution in [3.05, 3.63) is 65.2 Å². The van der Waals surface area contributed by atoms with E-state index >= 15 is 0 Å². The Bertz CT molecular complexity index is 1070. The van der Waals surface area contributed by atoms with E-state index < -0.39 is 35.5 Å². The molecule has 0 aromatic heterocycles. The maximum absolute atomic E-state index is 12.6. The molecule has 0 saturated carbocycles. The monoisotopic (exact) mass is 437 g/mol. The molecule has 4 amide bonds. The average molecular weight is 437 g/mol. The standard InChI is InChI=1S/C24H27N3O5/c1-14(19(28)25-18-11-9-16(10-12-18)23(2,3)4)32-20(29)15-7-6-8-17(13-15)24(5)21(30)26-22(31)27-24/h6-14H,1-5H3,(H,25,28)(H2,26,27,30,31)/t14-,24-/m0/s1. The summed E-state index contributed by atoms with van der Waals surface area (Å²) < 4.78 is 5.31. The summed E-state index contributed by atoms with van der Waals surface area (Å²) in [4.78, 5) is 48.7. The number of benzene rings is 2.